The number of benzene rings is 3. The zero-order chi connectivity index (χ0) is 20.4. The molecule has 0 fully saturated rings. The molecule has 3 aromatic rings. The summed E-state index contributed by atoms with van der Waals surface area (Å²) in [5.41, 5.74) is 1.42. The fourth-order valence-corrected chi connectivity index (χ4v) is 3.56. The molecular formula is C23H16BrNO4. The van der Waals surface area contributed by atoms with Gasteiger partial charge in [0.15, 0.2) is 0 Å². The number of amides is 2. The number of ether oxygens (including phenoxy) is 1. The van der Waals surface area contributed by atoms with E-state index < -0.39 is 23.8 Å². The number of halogens is 1. The Hall–Kier alpha value is -3.25. The normalized spacial score (nSPS) is 13.9. The number of rotatable bonds is 5. The van der Waals surface area contributed by atoms with Crippen molar-refractivity contribution in [3.05, 3.63) is 100 Å². The Balaban J connectivity index is 1.67. The molecule has 0 saturated heterocycles. The quantitative estimate of drug-likeness (QED) is 0.331. The molecule has 1 unspecified atom stereocenters. The Bertz CT molecular complexity index is 1040. The summed E-state index contributed by atoms with van der Waals surface area (Å²) in [5.74, 6) is -1.29. The summed E-state index contributed by atoms with van der Waals surface area (Å²) in [6, 6.07) is 21.5. The molecular weight excluding hydrogens is 434 g/mol. The highest BCUT2D eigenvalue weighted by molar-refractivity contribution is 9.10. The first-order valence-corrected chi connectivity index (χ1v) is 9.82. The average molecular weight is 450 g/mol. The molecule has 1 aliphatic heterocycles. The van der Waals surface area contributed by atoms with Crippen molar-refractivity contribution in [3.8, 4) is 5.75 Å². The molecule has 5 nitrogen and oxygen atoms in total. The Morgan fingerprint density at radius 2 is 1.38 bits per heavy atom. The lowest BCUT2D eigenvalue weighted by Crippen LogP contribution is -2.48. The minimum Gasteiger partial charge on any atom is -0.425 e. The number of imide groups is 1. The third kappa shape index (κ3) is 3.84. The maximum absolute atomic E-state index is 13.1. The summed E-state index contributed by atoms with van der Waals surface area (Å²) < 4.78 is 6.35. The molecule has 0 radical (unpaired) electrons. The Morgan fingerprint density at radius 3 is 1.97 bits per heavy atom. The monoisotopic (exact) mass is 449 g/mol. The van der Waals surface area contributed by atoms with E-state index in [9.17, 15) is 14.4 Å². The van der Waals surface area contributed by atoms with Crippen molar-refractivity contribution in [2.24, 2.45) is 0 Å². The zero-order valence-corrected chi connectivity index (χ0v) is 16.8. The fourth-order valence-electron chi connectivity index (χ4n) is 3.30. The van der Waals surface area contributed by atoms with E-state index in [2.05, 4.69) is 15.9 Å². The van der Waals surface area contributed by atoms with E-state index in [0.29, 0.717) is 16.9 Å². The zero-order valence-electron chi connectivity index (χ0n) is 15.2. The van der Waals surface area contributed by atoms with Crippen LogP contribution in [-0.2, 0) is 11.2 Å². The first-order chi connectivity index (χ1) is 14.0. The van der Waals surface area contributed by atoms with Gasteiger partial charge in [0.2, 0.25) is 0 Å². The molecule has 1 atom stereocenters. The second kappa shape index (κ2) is 8.01. The number of esters is 1. The van der Waals surface area contributed by atoms with Gasteiger partial charge in [0.25, 0.3) is 11.8 Å². The minimum atomic E-state index is -1.08. The maximum atomic E-state index is 13.1. The van der Waals surface area contributed by atoms with Gasteiger partial charge in [0.1, 0.15) is 11.8 Å². The predicted octanol–water partition coefficient (Wildman–Crippen LogP) is 4.26. The molecule has 4 rings (SSSR count). The molecule has 1 aliphatic rings. The summed E-state index contributed by atoms with van der Waals surface area (Å²) in [6.07, 6.45) is 0.168. The van der Waals surface area contributed by atoms with E-state index in [1.54, 1.807) is 48.5 Å². The molecule has 0 aromatic heterocycles. The van der Waals surface area contributed by atoms with E-state index in [4.69, 9.17) is 4.74 Å². The van der Waals surface area contributed by atoms with Gasteiger partial charge < -0.3 is 4.74 Å². The molecule has 2 amide bonds. The van der Waals surface area contributed by atoms with Crippen LogP contribution in [0.2, 0.25) is 0 Å². The van der Waals surface area contributed by atoms with Crippen molar-refractivity contribution in [2.45, 2.75) is 12.5 Å². The molecule has 3 aromatic carbocycles. The first kappa shape index (κ1) is 19.1. The third-order valence-corrected chi connectivity index (χ3v) is 5.24. The number of nitrogens with zero attached hydrogens (tertiary/aromatic N) is 1. The summed E-state index contributed by atoms with van der Waals surface area (Å²) >= 11 is 3.33. The highest BCUT2D eigenvalue weighted by Gasteiger charge is 2.43. The molecule has 0 spiro atoms. The third-order valence-electron chi connectivity index (χ3n) is 4.71. The molecule has 0 saturated carbocycles. The van der Waals surface area contributed by atoms with Crippen LogP contribution < -0.4 is 4.74 Å². The van der Waals surface area contributed by atoms with E-state index in [1.165, 1.54) is 0 Å². The highest BCUT2D eigenvalue weighted by Crippen LogP contribution is 2.27. The molecule has 6 heteroatoms. The van der Waals surface area contributed by atoms with Crippen molar-refractivity contribution in [1.82, 2.24) is 4.90 Å². The average Bonchev–Trinajstić information content (AvgIpc) is 2.99. The lowest BCUT2D eigenvalue weighted by atomic mass is 10.0. The molecule has 29 heavy (non-hydrogen) atoms. The van der Waals surface area contributed by atoms with E-state index in [0.717, 1.165) is 14.9 Å². The lowest BCUT2D eigenvalue weighted by Gasteiger charge is -2.24. The molecule has 1 heterocycles. The number of carbonyl (C=O) groups excluding carboxylic acids is 3. The largest absolute Gasteiger partial charge is 0.425 e. The maximum Gasteiger partial charge on any atom is 0.335 e. The van der Waals surface area contributed by atoms with Crippen LogP contribution in [0.25, 0.3) is 0 Å². The Kier molecular flexibility index (Phi) is 5.27. The number of hydrogen-bond acceptors (Lipinski definition) is 4. The SMILES string of the molecule is O=C(Oc1ccc(Br)cc1)C(Cc1ccccc1)N1C(=O)c2ccccc2C1=O. The van der Waals surface area contributed by atoms with Crippen LogP contribution in [0, 0.1) is 0 Å². The summed E-state index contributed by atoms with van der Waals surface area (Å²) in [6.45, 7) is 0. The van der Waals surface area contributed by atoms with Gasteiger partial charge in [-0.05, 0) is 42.0 Å². The predicted molar refractivity (Wildman–Crippen MR) is 111 cm³/mol. The van der Waals surface area contributed by atoms with Crippen LogP contribution in [0.3, 0.4) is 0 Å². The van der Waals surface area contributed by atoms with Crippen LogP contribution in [0.1, 0.15) is 26.3 Å². The van der Waals surface area contributed by atoms with Gasteiger partial charge in [-0.2, -0.15) is 0 Å². The smallest absolute Gasteiger partial charge is 0.335 e. The number of carbonyl (C=O) groups is 3. The van der Waals surface area contributed by atoms with Crippen molar-refractivity contribution >= 4 is 33.7 Å². The Labute approximate surface area is 176 Å². The van der Waals surface area contributed by atoms with Crippen LogP contribution in [0.15, 0.2) is 83.3 Å². The van der Waals surface area contributed by atoms with Crippen LogP contribution >= 0.6 is 15.9 Å². The number of fused-ring (bicyclic) bond motifs is 1. The Morgan fingerprint density at radius 1 is 0.828 bits per heavy atom. The van der Waals surface area contributed by atoms with Crippen molar-refractivity contribution in [1.29, 1.82) is 0 Å². The van der Waals surface area contributed by atoms with E-state index in [1.807, 2.05) is 30.3 Å². The van der Waals surface area contributed by atoms with Gasteiger partial charge >= 0.3 is 5.97 Å². The molecule has 144 valence electrons. The second-order valence-corrected chi connectivity index (χ2v) is 7.52. The van der Waals surface area contributed by atoms with Gasteiger partial charge in [-0.15, -0.1) is 0 Å². The molecule has 0 aliphatic carbocycles. The van der Waals surface area contributed by atoms with Gasteiger partial charge in [0, 0.05) is 10.9 Å². The van der Waals surface area contributed by atoms with Crippen LogP contribution in [-0.4, -0.2) is 28.7 Å². The van der Waals surface area contributed by atoms with E-state index >= 15 is 0 Å². The van der Waals surface area contributed by atoms with Crippen LogP contribution in [0.5, 0.6) is 5.75 Å². The van der Waals surface area contributed by atoms with Gasteiger partial charge in [-0.25, -0.2) is 4.79 Å². The minimum absolute atomic E-state index is 0.168. The molecule has 0 N–H and O–H groups in total. The summed E-state index contributed by atoms with van der Waals surface area (Å²) in [4.78, 5) is 39.9. The van der Waals surface area contributed by atoms with E-state index in [-0.39, 0.29) is 6.42 Å². The first-order valence-electron chi connectivity index (χ1n) is 9.02. The lowest BCUT2D eigenvalue weighted by molar-refractivity contribution is -0.138. The van der Waals surface area contributed by atoms with Gasteiger partial charge in [-0.3, -0.25) is 14.5 Å². The van der Waals surface area contributed by atoms with Crippen LogP contribution in [0.4, 0.5) is 0 Å². The van der Waals surface area contributed by atoms with Gasteiger partial charge in [-0.1, -0.05) is 58.4 Å². The highest BCUT2D eigenvalue weighted by atomic mass is 79.9. The van der Waals surface area contributed by atoms with Crippen molar-refractivity contribution < 1.29 is 19.1 Å². The summed E-state index contributed by atoms with van der Waals surface area (Å²) in [5, 5.41) is 0. The second-order valence-electron chi connectivity index (χ2n) is 6.61. The number of hydrogen-bond donors (Lipinski definition) is 0. The van der Waals surface area contributed by atoms with Gasteiger partial charge in [0.05, 0.1) is 11.1 Å². The van der Waals surface area contributed by atoms with Crippen molar-refractivity contribution in [3.63, 3.8) is 0 Å². The topological polar surface area (TPSA) is 63.7 Å². The fraction of sp³-hybridized carbons (Fsp3) is 0.0870. The molecule has 0 bridgehead atoms. The summed E-state index contributed by atoms with van der Waals surface area (Å²) in [7, 11) is 0. The van der Waals surface area contributed by atoms with Crippen molar-refractivity contribution in [2.75, 3.05) is 0 Å². The standard InChI is InChI=1S/C23H16BrNO4/c24-16-10-12-17(13-11-16)29-23(28)20(14-15-6-2-1-3-7-15)25-21(26)18-8-4-5-9-19(18)22(25)27/h1-13,20H,14H2.